The largest absolute Gasteiger partial charge is 0.480 e. The van der Waals surface area contributed by atoms with Crippen molar-refractivity contribution in [2.75, 3.05) is 6.54 Å². The minimum atomic E-state index is -0.812. The summed E-state index contributed by atoms with van der Waals surface area (Å²) in [5.41, 5.74) is 0. The Hall–Kier alpha value is -1.09. The zero-order valence-electron chi connectivity index (χ0n) is 6.16. The van der Waals surface area contributed by atoms with E-state index in [1.54, 1.807) is 0 Å². The van der Waals surface area contributed by atoms with E-state index in [9.17, 15) is 4.79 Å². The van der Waals surface area contributed by atoms with Crippen LogP contribution in [0.1, 0.15) is 6.42 Å². The van der Waals surface area contributed by atoms with Gasteiger partial charge in [-0.05, 0) is 6.42 Å². The summed E-state index contributed by atoms with van der Waals surface area (Å²) in [4.78, 5) is 10.1. The van der Waals surface area contributed by atoms with Crippen LogP contribution in [0.2, 0.25) is 0 Å². The number of nitrogens with one attached hydrogen (secondary N) is 1. The Bertz CT molecular complexity index is 196. The molecule has 0 aliphatic heterocycles. The highest BCUT2D eigenvalue weighted by atomic mass is 16.4. The first-order valence-electron chi connectivity index (χ1n) is 3.57. The molecule has 0 amide bonds. The highest BCUT2D eigenvalue weighted by molar-refractivity contribution is 5.69. The fraction of sp³-hybridized carbons (Fsp3) is 0.375. The van der Waals surface area contributed by atoms with Crippen molar-refractivity contribution in [1.82, 2.24) is 5.32 Å². The van der Waals surface area contributed by atoms with Gasteiger partial charge in [-0.25, -0.2) is 0 Å². The summed E-state index contributed by atoms with van der Waals surface area (Å²) in [6.07, 6.45) is 8.73. The zero-order chi connectivity index (χ0) is 8.10. The molecule has 0 radical (unpaired) electrons. The van der Waals surface area contributed by atoms with Crippen molar-refractivity contribution in [2.45, 2.75) is 12.5 Å². The summed E-state index contributed by atoms with van der Waals surface area (Å²) in [7, 11) is 0. The lowest BCUT2D eigenvalue weighted by atomic mass is 10.1. The second-order valence-corrected chi connectivity index (χ2v) is 2.43. The second kappa shape index (κ2) is 3.93. The van der Waals surface area contributed by atoms with E-state index in [1.165, 1.54) is 0 Å². The molecule has 60 valence electrons. The van der Waals surface area contributed by atoms with Crippen molar-refractivity contribution < 1.29 is 9.90 Å². The van der Waals surface area contributed by atoms with Crippen LogP contribution in [-0.4, -0.2) is 23.7 Å². The summed E-state index contributed by atoms with van der Waals surface area (Å²) in [5.74, 6) is -0.812. The fourth-order valence-electron chi connectivity index (χ4n) is 0.950. The summed E-state index contributed by atoms with van der Waals surface area (Å²) in [6.45, 7) is 0.0306. The number of hydrogen-bond acceptors (Lipinski definition) is 2. The lowest BCUT2D eigenvalue weighted by molar-refractivity contribution is -0.136. The Kier molecular flexibility index (Phi) is 2.86. The summed E-state index contributed by atoms with van der Waals surface area (Å²) >= 11 is 0. The summed E-state index contributed by atoms with van der Waals surface area (Å²) < 4.78 is 0. The predicted molar refractivity (Wildman–Crippen MR) is 42.3 cm³/mol. The molecule has 0 fully saturated rings. The molecular weight excluding hydrogens is 142 g/mol. The molecule has 1 atom stereocenters. The van der Waals surface area contributed by atoms with E-state index in [4.69, 9.17) is 5.11 Å². The Morgan fingerprint density at radius 3 is 3.00 bits per heavy atom. The third-order valence-electron chi connectivity index (χ3n) is 1.50. The maximum absolute atomic E-state index is 10.1. The third kappa shape index (κ3) is 3.00. The molecule has 2 N–H and O–H groups in total. The maximum atomic E-state index is 10.1. The molecular formula is C8H11NO2. The molecule has 0 saturated heterocycles. The SMILES string of the molecule is O=C(O)CN[C@@H]1C=CC=CC1. The molecule has 0 aromatic heterocycles. The van der Waals surface area contributed by atoms with Gasteiger partial charge in [0.05, 0.1) is 6.54 Å². The van der Waals surface area contributed by atoms with Gasteiger partial charge in [-0.3, -0.25) is 4.79 Å². The summed E-state index contributed by atoms with van der Waals surface area (Å²) in [5, 5.41) is 11.2. The Balaban J connectivity index is 2.22. The summed E-state index contributed by atoms with van der Waals surface area (Å²) in [6, 6.07) is 0.191. The van der Waals surface area contributed by atoms with Crippen molar-refractivity contribution in [3.63, 3.8) is 0 Å². The molecule has 3 nitrogen and oxygen atoms in total. The number of allylic oxidation sites excluding steroid dienone is 2. The molecule has 1 aliphatic carbocycles. The maximum Gasteiger partial charge on any atom is 0.317 e. The van der Waals surface area contributed by atoms with Gasteiger partial charge in [0.2, 0.25) is 0 Å². The van der Waals surface area contributed by atoms with Crippen molar-refractivity contribution in [3.05, 3.63) is 24.3 Å². The first-order chi connectivity index (χ1) is 5.29. The molecule has 0 spiro atoms. The first kappa shape index (κ1) is 8.01. The van der Waals surface area contributed by atoms with E-state index in [-0.39, 0.29) is 12.6 Å². The Morgan fingerprint density at radius 2 is 2.45 bits per heavy atom. The highest BCUT2D eigenvalue weighted by Gasteiger charge is 2.05. The quantitative estimate of drug-likeness (QED) is 0.622. The third-order valence-corrected chi connectivity index (χ3v) is 1.50. The minimum Gasteiger partial charge on any atom is -0.480 e. The van der Waals surface area contributed by atoms with Gasteiger partial charge in [-0.15, -0.1) is 0 Å². The molecule has 0 saturated carbocycles. The lowest BCUT2D eigenvalue weighted by Gasteiger charge is -2.12. The van der Waals surface area contributed by atoms with Crippen molar-refractivity contribution in [2.24, 2.45) is 0 Å². The first-order valence-corrected chi connectivity index (χ1v) is 3.57. The van der Waals surface area contributed by atoms with Gasteiger partial charge in [0.1, 0.15) is 0 Å². The van der Waals surface area contributed by atoms with Crippen LogP contribution in [-0.2, 0) is 4.79 Å². The predicted octanol–water partition coefficient (Wildman–Crippen LogP) is 0.545. The molecule has 11 heavy (non-hydrogen) atoms. The Labute approximate surface area is 65.4 Å². The van der Waals surface area contributed by atoms with E-state index in [0.717, 1.165) is 6.42 Å². The van der Waals surface area contributed by atoms with E-state index in [2.05, 4.69) is 5.32 Å². The van der Waals surface area contributed by atoms with Crippen LogP contribution in [0.25, 0.3) is 0 Å². The average Bonchev–Trinajstić information content (AvgIpc) is 2.03. The highest BCUT2D eigenvalue weighted by Crippen LogP contribution is 2.01. The molecule has 0 bridgehead atoms. The number of carboxylic acid groups (broad SMARTS) is 1. The number of carboxylic acids is 1. The molecule has 0 unspecified atom stereocenters. The minimum absolute atomic E-state index is 0.0306. The molecule has 1 rings (SSSR count). The number of carbonyl (C=O) groups is 1. The lowest BCUT2D eigenvalue weighted by Crippen LogP contribution is -2.32. The fourth-order valence-corrected chi connectivity index (χ4v) is 0.950. The van der Waals surface area contributed by atoms with Crippen molar-refractivity contribution in [1.29, 1.82) is 0 Å². The molecule has 0 aromatic carbocycles. The molecule has 1 aliphatic rings. The standard InChI is InChI=1S/C8H11NO2/c10-8(11)6-9-7-4-2-1-3-5-7/h1-4,7,9H,5-6H2,(H,10,11)/t7-/m1/s1. The zero-order valence-corrected chi connectivity index (χ0v) is 6.16. The van der Waals surface area contributed by atoms with Crippen molar-refractivity contribution in [3.8, 4) is 0 Å². The number of hydrogen-bond donors (Lipinski definition) is 2. The van der Waals surface area contributed by atoms with Gasteiger partial charge in [-0.1, -0.05) is 24.3 Å². The molecule has 0 aromatic rings. The van der Waals surface area contributed by atoms with Crippen LogP contribution in [0, 0.1) is 0 Å². The van der Waals surface area contributed by atoms with E-state index in [0.29, 0.717) is 0 Å². The van der Waals surface area contributed by atoms with Crippen LogP contribution in [0.15, 0.2) is 24.3 Å². The Morgan fingerprint density at radius 1 is 1.64 bits per heavy atom. The van der Waals surface area contributed by atoms with Crippen LogP contribution < -0.4 is 5.32 Å². The van der Waals surface area contributed by atoms with E-state index >= 15 is 0 Å². The average molecular weight is 153 g/mol. The van der Waals surface area contributed by atoms with Gasteiger partial charge in [-0.2, -0.15) is 0 Å². The van der Waals surface area contributed by atoms with Gasteiger partial charge in [0.25, 0.3) is 0 Å². The number of aliphatic carboxylic acids is 1. The monoisotopic (exact) mass is 153 g/mol. The second-order valence-electron chi connectivity index (χ2n) is 2.43. The van der Waals surface area contributed by atoms with Crippen LogP contribution in [0.5, 0.6) is 0 Å². The van der Waals surface area contributed by atoms with Gasteiger partial charge >= 0.3 is 5.97 Å². The van der Waals surface area contributed by atoms with E-state index in [1.807, 2.05) is 24.3 Å². The topological polar surface area (TPSA) is 49.3 Å². The van der Waals surface area contributed by atoms with Crippen LogP contribution in [0.4, 0.5) is 0 Å². The normalized spacial score (nSPS) is 22.0. The number of rotatable bonds is 3. The van der Waals surface area contributed by atoms with Gasteiger partial charge in [0.15, 0.2) is 0 Å². The van der Waals surface area contributed by atoms with E-state index < -0.39 is 5.97 Å². The van der Waals surface area contributed by atoms with Crippen LogP contribution >= 0.6 is 0 Å². The van der Waals surface area contributed by atoms with Crippen molar-refractivity contribution >= 4 is 5.97 Å². The smallest absolute Gasteiger partial charge is 0.317 e. The van der Waals surface area contributed by atoms with Gasteiger partial charge in [0, 0.05) is 6.04 Å². The van der Waals surface area contributed by atoms with Gasteiger partial charge < -0.3 is 10.4 Å². The van der Waals surface area contributed by atoms with Crippen LogP contribution in [0.3, 0.4) is 0 Å². The molecule has 3 heteroatoms. The molecule has 0 heterocycles.